The average molecular weight is 472 g/mol. The zero-order valence-corrected chi connectivity index (χ0v) is 18.4. The van der Waals surface area contributed by atoms with Crippen LogP contribution in [0.5, 0.6) is 0 Å². The van der Waals surface area contributed by atoms with Gasteiger partial charge in [0.15, 0.2) is 0 Å². The standard InChI is InChI=1S/C18H29N7O6S/c1-32-5-4-12(17(29)25-13(18(30)31)6-10-7-21-9-23-10)24-15(27)8-22-16(28)11(19)2-3-14(20)26/h7,9,11-13H,2-6,8,19H2,1H3,(H2,20,26)(H,21,23)(H,22,28)(H,24,27)(H,25,29)(H,30,31). The number of nitrogens with one attached hydrogen (secondary N) is 4. The summed E-state index contributed by atoms with van der Waals surface area (Å²) < 4.78 is 0. The molecule has 0 fully saturated rings. The molecule has 14 heteroatoms. The quantitative estimate of drug-likeness (QED) is 0.143. The summed E-state index contributed by atoms with van der Waals surface area (Å²) in [6.07, 6.45) is 4.88. The largest absolute Gasteiger partial charge is 0.480 e. The Morgan fingerprint density at radius 2 is 1.88 bits per heavy atom. The molecule has 32 heavy (non-hydrogen) atoms. The van der Waals surface area contributed by atoms with Gasteiger partial charge in [-0.05, 0) is 24.9 Å². The van der Waals surface area contributed by atoms with Crippen molar-refractivity contribution < 1.29 is 29.1 Å². The van der Waals surface area contributed by atoms with E-state index in [1.165, 1.54) is 24.3 Å². The number of amides is 4. The number of thioether (sulfide) groups is 1. The minimum Gasteiger partial charge on any atom is -0.480 e. The lowest BCUT2D eigenvalue weighted by Crippen LogP contribution is -2.54. The van der Waals surface area contributed by atoms with Crippen LogP contribution in [-0.2, 0) is 30.4 Å². The van der Waals surface area contributed by atoms with Crippen molar-refractivity contribution in [3.8, 4) is 0 Å². The number of carboxylic acid groups (broad SMARTS) is 1. The van der Waals surface area contributed by atoms with Gasteiger partial charge in [0.25, 0.3) is 0 Å². The molecule has 0 aliphatic rings. The number of carbonyl (C=O) groups is 5. The Hall–Kier alpha value is -3.13. The van der Waals surface area contributed by atoms with Crippen molar-refractivity contribution in [1.82, 2.24) is 25.9 Å². The van der Waals surface area contributed by atoms with Crippen LogP contribution in [0.1, 0.15) is 25.0 Å². The highest BCUT2D eigenvalue weighted by atomic mass is 32.2. The molecule has 1 rings (SSSR count). The van der Waals surface area contributed by atoms with E-state index in [4.69, 9.17) is 11.5 Å². The van der Waals surface area contributed by atoms with Gasteiger partial charge in [-0.2, -0.15) is 11.8 Å². The number of hydrogen-bond donors (Lipinski definition) is 7. The minimum atomic E-state index is -1.24. The van der Waals surface area contributed by atoms with Crippen molar-refractivity contribution in [3.05, 3.63) is 18.2 Å². The first-order valence-electron chi connectivity index (χ1n) is 9.74. The van der Waals surface area contributed by atoms with Gasteiger partial charge in [-0.1, -0.05) is 0 Å². The molecule has 178 valence electrons. The van der Waals surface area contributed by atoms with Gasteiger partial charge in [-0.3, -0.25) is 19.2 Å². The molecular formula is C18H29N7O6S. The average Bonchev–Trinajstić information content (AvgIpc) is 3.25. The molecule has 0 saturated heterocycles. The SMILES string of the molecule is CSCCC(NC(=O)CNC(=O)C(N)CCC(N)=O)C(=O)NC(Cc1cnc[nH]1)C(=O)O. The van der Waals surface area contributed by atoms with E-state index < -0.39 is 54.3 Å². The third-order valence-corrected chi connectivity index (χ3v) is 4.96. The van der Waals surface area contributed by atoms with Crippen LogP contribution in [0.25, 0.3) is 0 Å². The van der Waals surface area contributed by atoms with Crippen LogP contribution in [0.2, 0.25) is 0 Å². The molecule has 0 aliphatic carbocycles. The normalized spacial score (nSPS) is 13.4. The number of carboxylic acids is 1. The van der Waals surface area contributed by atoms with Crippen LogP contribution >= 0.6 is 11.8 Å². The fourth-order valence-electron chi connectivity index (χ4n) is 2.57. The molecule has 1 heterocycles. The molecular weight excluding hydrogens is 442 g/mol. The van der Waals surface area contributed by atoms with Crippen LogP contribution < -0.4 is 27.4 Å². The van der Waals surface area contributed by atoms with E-state index in [2.05, 4.69) is 25.9 Å². The molecule has 13 nitrogen and oxygen atoms in total. The van der Waals surface area contributed by atoms with Crippen molar-refractivity contribution in [2.24, 2.45) is 11.5 Å². The maximum absolute atomic E-state index is 12.6. The lowest BCUT2D eigenvalue weighted by atomic mass is 10.1. The van der Waals surface area contributed by atoms with E-state index in [0.29, 0.717) is 11.4 Å². The van der Waals surface area contributed by atoms with Gasteiger partial charge in [0, 0.05) is 24.7 Å². The first-order valence-corrected chi connectivity index (χ1v) is 11.1. The maximum atomic E-state index is 12.6. The van der Waals surface area contributed by atoms with E-state index in [0.717, 1.165) is 0 Å². The summed E-state index contributed by atoms with van der Waals surface area (Å²) in [5, 5.41) is 16.6. The Morgan fingerprint density at radius 3 is 2.44 bits per heavy atom. The van der Waals surface area contributed by atoms with E-state index in [1.54, 1.807) is 0 Å². The summed E-state index contributed by atoms with van der Waals surface area (Å²) in [6, 6.07) is -3.23. The molecule has 1 aromatic heterocycles. The number of nitrogens with two attached hydrogens (primary N) is 2. The molecule has 3 atom stereocenters. The number of primary amides is 1. The van der Waals surface area contributed by atoms with Gasteiger partial charge in [-0.25, -0.2) is 9.78 Å². The monoisotopic (exact) mass is 471 g/mol. The predicted octanol–water partition coefficient (Wildman–Crippen LogP) is -2.53. The molecule has 0 saturated carbocycles. The second-order valence-corrected chi connectivity index (χ2v) is 7.90. The predicted molar refractivity (Wildman–Crippen MR) is 116 cm³/mol. The second-order valence-electron chi connectivity index (χ2n) is 6.91. The van der Waals surface area contributed by atoms with E-state index >= 15 is 0 Å². The number of imidazole rings is 1. The lowest BCUT2D eigenvalue weighted by molar-refractivity contribution is -0.142. The number of aromatic nitrogens is 2. The summed E-state index contributed by atoms with van der Waals surface area (Å²) in [4.78, 5) is 65.6. The highest BCUT2D eigenvalue weighted by Gasteiger charge is 2.27. The minimum absolute atomic E-state index is 0.0104. The molecule has 0 bridgehead atoms. The van der Waals surface area contributed by atoms with Crippen molar-refractivity contribution in [3.63, 3.8) is 0 Å². The molecule has 0 aromatic carbocycles. The van der Waals surface area contributed by atoms with E-state index in [9.17, 15) is 29.1 Å². The zero-order chi connectivity index (χ0) is 24.1. The highest BCUT2D eigenvalue weighted by molar-refractivity contribution is 7.98. The van der Waals surface area contributed by atoms with E-state index in [1.807, 2.05) is 6.26 Å². The number of aromatic amines is 1. The van der Waals surface area contributed by atoms with Crippen LogP contribution in [-0.4, -0.2) is 81.4 Å². The Bertz CT molecular complexity index is 789. The third kappa shape index (κ3) is 10.3. The third-order valence-electron chi connectivity index (χ3n) is 4.32. The Balaban J connectivity index is 2.64. The Labute approximate surface area is 188 Å². The van der Waals surface area contributed by atoms with Crippen molar-refractivity contribution >= 4 is 41.4 Å². The van der Waals surface area contributed by atoms with Gasteiger partial charge in [0.05, 0.1) is 18.9 Å². The second kappa shape index (κ2) is 14.0. The number of rotatable bonds is 15. The molecule has 9 N–H and O–H groups in total. The number of aliphatic carboxylic acids is 1. The van der Waals surface area contributed by atoms with Crippen molar-refractivity contribution in [1.29, 1.82) is 0 Å². The van der Waals surface area contributed by atoms with Crippen LogP contribution in [0, 0.1) is 0 Å². The lowest BCUT2D eigenvalue weighted by Gasteiger charge is -2.21. The Kier molecular flexibility index (Phi) is 11.8. The van der Waals surface area contributed by atoms with Crippen molar-refractivity contribution in [2.45, 2.75) is 43.8 Å². The van der Waals surface area contributed by atoms with Crippen LogP contribution in [0.15, 0.2) is 12.5 Å². The number of H-pyrrole nitrogens is 1. The fraction of sp³-hybridized carbons (Fsp3) is 0.556. The van der Waals surface area contributed by atoms with Gasteiger partial charge >= 0.3 is 5.97 Å². The highest BCUT2D eigenvalue weighted by Crippen LogP contribution is 2.04. The number of nitrogens with zero attached hydrogens (tertiary/aromatic N) is 1. The topological polar surface area (TPSA) is 222 Å². The van der Waals surface area contributed by atoms with Gasteiger partial charge in [0.2, 0.25) is 23.6 Å². The van der Waals surface area contributed by atoms with Gasteiger partial charge in [-0.15, -0.1) is 0 Å². The number of carbonyl (C=O) groups excluding carboxylic acids is 4. The molecule has 0 spiro atoms. The molecule has 3 unspecified atom stereocenters. The molecule has 4 amide bonds. The molecule has 1 aromatic rings. The summed E-state index contributed by atoms with van der Waals surface area (Å²) in [5.41, 5.74) is 11.2. The summed E-state index contributed by atoms with van der Waals surface area (Å²) in [7, 11) is 0. The van der Waals surface area contributed by atoms with Crippen LogP contribution in [0.4, 0.5) is 0 Å². The first-order chi connectivity index (χ1) is 15.1. The zero-order valence-electron chi connectivity index (χ0n) is 17.6. The smallest absolute Gasteiger partial charge is 0.326 e. The first kappa shape index (κ1) is 26.9. The maximum Gasteiger partial charge on any atom is 0.326 e. The summed E-state index contributed by atoms with van der Waals surface area (Å²) >= 11 is 1.45. The fourth-order valence-corrected chi connectivity index (χ4v) is 3.04. The van der Waals surface area contributed by atoms with Gasteiger partial charge < -0.3 is 37.5 Å². The molecule has 0 radical (unpaired) electrons. The van der Waals surface area contributed by atoms with Gasteiger partial charge in [0.1, 0.15) is 12.1 Å². The summed E-state index contributed by atoms with van der Waals surface area (Å²) in [5.74, 6) is -3.26. The van der Waals surface area contributed by atoms with E-state index in [-0.39, 0.29) is 25.7 Å². The number of hydrogen-bond acceptors (Lipinski definition) is 8. The van der Waals surface area contributed by atoms with Crippen LogP contribution in [0.3, 0.4) is 0 Å². The Morgan fingerprint density at radius 1 is 1.16 bits per heavy atom. The molecule has 0 aliphatic heterocycles. The summed E-state index contributed by atoms with van der Waals surface area (Å²) in [6.45, 7) is -0.442. The van der Waals surface area contributed by atoms with Crippen molar-refractivity contribution in [2.75, 3.05) is 18.6 Å².